The maximum Gasteiger partial charge on any atom is 0.0386 e. The van der Waals surface area contributed by atoms with Gasteiger partial charge in [-0.05, 0) is 36.5 Å². The second-order valence-electron chi connectivity index (χ2n) is 3.55. The smallest absolute Gasteiger partial charge is 0.0386 e. The van der Waals surface area contributed by atoms with Crippen LogP contribution in [0.1, 0.15) is 31.2 Å². The van der Waals surface area contributed by atoms with Gasteiger partial charge in [0.05, 0.1) is 0 Å². The van der Waals surface area contributed by atoms with Gasteiger partial charge in [0.25, 0.3) is 0 Å². The van der Waals surface area contributed by atoms with E-state index in [0.717, 1.165) is 16.9 Å². The number of rotatable bonds is 1. The minimum Gasteiger partial charge on any atom is -0.385 e. The maximum absolute atomic E-state index is 3.49. The van der Waals surface area contributed by atoms with Gasteiger partial charge in [0.2, 0.25) is 0 Å². The zero-order chi connectivity index (χ0) is 9.26. The third kappa shape index (κ3) is 1.73. The second kappa shape index (κ2) is 3.70. The molecule has 0 saturated carbocycles. The predicted molar refractivity (Wildman–Crippen MR) is 60.3 cm³/mol. The van der Waals surface area contributed by atoms with Crippen molar-refractivity contribution in [3.8, 4) is 0 Å². The summed E-state index contributed by atoms with van der Waals surface area (Å²) in [4.78, 5) is 0. The molecule has 0 unspecified atom stereocenters. The molecule has 1 aromatic rings. The van der Waals surface area contributed by atoms with Gasteiger partial charge in [0.15, 0.2) is 0 Å². The molecule has 0 aromatic heterocycles. The molecule has 0 spiro atoms. The third-order valence-corrected chi connectivity index (χ3v) is 3.25. The van der Waals surface area contributed by atoms with E-state index in [1.54, 1.807) is 0 Å². The summed E-state index contributed by atoms with van der Waals surface area (Å²) in [5.41, 5.74) is 2.80. The average molecular weight is 240 g/mol. The number of nitrogens with one attached hydrogen (secondary N) is 1. The molecule has 1 aliphatic heterocycles. The van der Waals surface area contributed by atoms with Crippen LogP contribution in [-0.2, 0) is 0 Å². The van der Waals surface area contributed by atoms with Gasteiger partial charge in [0.1, 0.15) is 0 Å². The molecular formula is C11H14BrN. The van der Waals surface area contributed by atoms with Crippen molar-refractivity contribution < 1.29 is 0 Å². The lowest BCUT2D eigenvalue weighted by atomic mass is 9.89. The minimum atomic E-state index is 0.754. The van der Waals surface area contributed by atoms with Crippen LogP contribution in [0.2, 0.25) is 0 Å². The van der Waals surface area contributed by atoms with E-state index >= 15 is 0 Å². The molecule has 1 aliphatic rings. The first-order valence-electron chi connectivity index (χ1n) is 4.84. The molecule has 1 aromatic carbocycles. The summed E-state index contributed by atoms with van der Waals surface area (Å²) >= 11 is 3.49. The first kappa shape index (κ1) is 9.07. The highest BCUT2D eigenvalue weighted by Crippen LogP contribution is 2.35. The molecule has 0 bridgehead atoms. The Labute approximate surface area is 87.7 Å². The van der Waals surface area contributed by atoms with Crippen LogP contribution in [0.5, 0.6) is 0 Å². The molecule has 0 saturated heterocycles. The maximum atomic E-state index is 3.49. The van der Waals surface area contributed by atoms with E-state index in [0.29, 0.717) is 0 Å². The van der Waals surface area contributed by atoms with Gasteiger partial charge in [-0.25, -0.2) is 0 Å². The van der Waals surface area contributed by atoms with Crippen LogP contribution in [-0.4, -0.2) is 6.54 Å². The van der Waals surface area contributed by atoms with Gasteiger partial charge in [-0.15, -0.1) is 0 Å². The van der Waals surface area contributed by atoms with E-state index in [1.165, 1.54) is 24.1 Å². The fourth-order valence-electron chi connectivity index (χ4n) is 2.00. The van der Waals surface area contributed by atoms with Crippen LogP contribution in [0, 0.1) is 0 Å². The molecule has 1 atom stereocenters. The first-order valence-corrected chi connectivity index (χ1v) is 5.64. The van der Waals surface area contributed by atoms with Crippen LogP contribution < -0.4 is 5.32 Å². The van der Waals surface area contributed by atoms with Gasteiger partial charge in [-0.3, -0.25) is 0 Å². The molecule has 13 heavy (non-hydrogen) atoms. The normalized spacial score (nSPS) is 20.6. The van der Waals surface area contributed by atoms with Gasteiger partial charge < -0.3 is 5.32 Å². The molecule has 0 amide bonds. The van der Waals surface area contributed by atoms with Crippen LogP contribution in [0.25, 0.3) is 0 Å². The van der Waals surface area contributed by atoms with Crippen LogP contribution in [0.3, 0.4) is 0 Å². The first-order chi connectivity index (χ1) is 6.31. The Bertz CT molecular complexity index is 309. The molecule has 0 radical (unpaired) electrons. The number of hydrogen-bond acceptors (Lipinski definition) is 1. The summed E-state index contributed by atoms with van der Waals surface area (Å²) in [6.07, 6.45) is 2.52. The summed E-state index contributed by atoms with van der Waals surface area (Å²) < 4.78 is 1.16. The SMILES string of the molecule is CC[C@H]1CCNc2cc(Br)ccc21. The largest absolute Gasteiger partial charge is 0.385 e. The summed E-state index contributed by atoms with van der Waals surface area (Å²) in [5.74, 6) is 0.754. The van der Waals surface area contributed by atoms with Crippen LogP contribution in [0.4, 0.5) is 5.69 Å². The Morgan fingerprint density at radius 3 is 3.15 bits per heavy atom. The second-order valence-corrected chi connectivity index (χ2v) is 4.47. The molecule has 1 N–H and O–H groups in total. The van der Waals surface area contributed by atoms with E-state index in [-0.39, 0.29) is 0 Å². The van der Waals surface area contributed by atoms with Crippen molar-refractivity contribution in [2.45, 2.75) is 25.7 Å². The number of fused-ring (bicyclic) bond motifs is 1. The van der Waals surface area contributed by atoms with Crippen molar-refractivity contribution in [2.75, 3.05) is 11.9 Å². The molecular weight excluding hydrogens is 226 g/mol. The Balaban J connectivity index is 2.40. The fourth-order valence-corrected chi connectivity index (χ4v) is 2.36. The van der Waals surface area contributed by atoms with E-state index in [4.69, 9.17) is 0 Å². The number of halogens is 1. The van der Waals surface area contributed by atoms with E-state index in [9.17, 15) is 0 Å². The monoisotopic (exact) mass is 239 g/mol. The number of hydrogen-bond donors (Lipinski definition) is 1. The van der Waals surface area contributed by atoms with Crippen molar-refractivity contribution in [3.05, 3.63) is 28.2 Å². The standard InChI is InChI=1S/C11H14BrN/c1-2-8-5-6-13-11-7-9(12)3-4-10(8)11/h3-4,7-8,13H,2,5-6H2,1H3/t8-/m0/s1. The van der Waals surface area contributed by atoms with Crippen molar-refractivity contribution in [3.63, 3.8) is 0 Å². The van der Waals surface area contributed by atoms with E-state index in [2.05, 4.69) is 46.4 Å². The van der Waals surface area contributed by atoms with Gasteiger partial charge in [0, 0.05) is 16.7 Å². The Morgan fingerprint density at radius 1 is 1.54 bits per heavy atom. The summed E-state index contributed by atoms with van der Waals surface area (Å²) in [6, 6.07) is 6.55. The lowest BCUT2D eigenvalue weighted by Gasteiger charge is -2.25. The van der Waals surface area contributed by atoms with Gasteiger partial charge in [-0.1, -0.05) is 28.9 Å². The molecule has 2 heteroatoms. The predicted octanol–water partition coefficient (Wildman–Crippen LogP) is 3.76. The van der Waals surface area contributed by atoms with Crippen molar-refractivity contribution in [2.24, 2.45) is 0 Å². The lowest BCUT2D eigenvalue weighted by molar-refractivity contribution is 0.608. The Kier molecular flexibility index (Phi) is 2.58. The van der Waals surface area contributed by atoms with Gasteiger partial charge >= 0.3 is 0 Å². The summed E-state index contributed by atoms with van der Waals surface area (Å²) in [6.45, 7) is 3.38. The Hall–Kier alpha value is -0.500. The molecule has 0 aliphatic carbocycles. The molecule has 2 rings (SSSR count). The topological polar surface area (TPSA) is 12.0 Å². The van der Waals surface area contributed by atoms with Crippen molar-refractivity contribution in [1.29, 1.82) is 0 Å². The quantitative estimate of drug-likeness (QED) is 0.788. The highest BCUT2D eigenvalue weighted by molar-refractivity contribution is 9.10. The van der Waals surface area contributed by atoms with Crippen LogP contribution in [0.15, 0.2) is 22.7 Å². The molecule has 1 nitrogen and oxygen atoms in total. The third-order valence-electron chi connectivity index (χ3n) is 2.76. The molecule has 1 heterocycles. The van der Waals surface area contributed by atoms with Crippen LogP contribution >= 0.6 is 15.9 Å². The molecule has 0 fully saturated rings. The van der Waals surface area contributed by atoms with E-state index in [1.807, 2.05) is 0 Å². The number of anilines is 1. The zero-order valence-electron chi connectivity index (χ0n) is 7.81. The van der Waals surface area contributed by atoms with Crippen molar-refractivity contribution in [1.82, 2.24) is 0 Å². The highest BCUT2D eigenvalue weighted by atomic mass is 79.9. The Morgan fingerprint density at radius 2 is 2.38 bits per heavy atom. The number of benzene rings is 1. The minimum absolute atomic E-state index is 0.754. The highest BCUT2D eigenvalue weighted by Gasteiger charge is 2.17. The molecule has 70 valence electrons. The zero-order valence-corrected chi connectivity index (χ0v) is 9.39. The average Bonchev–Trinajstić information content (AvgIpc) is 2.16. The van der Waals surface area contributed by atoms with E-state index < -0.39 is 0 Å². The van der Waals surface area contributed by atoms with Gasteiger partial charge in [-0.2, -0.15) is 0 Å². The lowest BCUT2D eigenvalue weighted by Crippen LogP contribution is -2.16. The summed E-state index contributed by atoms with van der Waals surface area (Å²) in [7, 11) is 0. The van der Waals surface area contributed by atoms with Crippen molar-refractivity contribution >= 4 is 21.6 Å². The fraction of sp³-hybridized carbons (Fsp3) is 0.455. The summed E-state index contributed by atoms with van der Waals surface area (Å²) in [5, 5.41) is 3.44.